The highest BCUT2D eigenvalue weighted by atomic mass is 16.2. The molecule has 0 saturated carbocycles. The lowest BCUT2D eigenvalue weighted by molar-refractivity contribution is -0.134. The summed E-state index contributed by atoms with van der Waals surface area (Å²) in [5.41, 5.74) is 2.69. The third-order valence-electron chi connectivity index (χ3n) is 5.99. The van der Waals surface area contributed by atoms with Gasteiger partial charge >= 0.3 is 6.03 Å². The molecule has 1 atom stereocenters. The molecule has 2 heterocycles. The number of benzene rings is 2. The summed E-state index contributed by atoms with van der Waals surface area (Å²) >= 11 is 0. The third kappa shape index (κ3) is 3.09. The maximum atomic E-state index is 13.3. The smallest absolute Gasteiger partial charge is 0.319 e. The van der Waals surface area contributed by atoms with Gasteiger partial charge in [0.1, 0.15) is 12.1 Å². The predicted molar refractivity (Wildman–Crippen MR) is 111 cm³/mol. The number of urea groups is 1. The van der Waals surface area contributed by atoms with Crippen LogP contribution in [0.5, 0.6) is 0 Å². The van der Waals surface area contributed by atoms with Crippen LogP contribution in [-0.4, -0.2) is 35.8 Å². The number of para-hydroxylation sites is 1. The number of fused-ring (bicyclic) bond motifs is 1. The van der Waals surface area contributed by atoms with E-state index >= 15 is 0 Å². The Kier molecular flexibility index (Phi) is 4.86. The van der Waals surface area contributed by atoms with Crippen molar-refractivity contribution in [3.05, 3.63) is 65.2 Å². The van der Waals surface area contributed by atoms with Crippen molar-refractivity contribution in [2.24, 2.45) is 0 Å². The maximum absolute atomic E-state index is 13.3. The monoisotopic (exact) mass is 391 g/mol. The summed E-state index contributed by atoms with van der Waals surface area (Å²) in [5.74, 6) is -0.602. The van der Waals surface area contributed by atoms with Gasteiger partial charge in [0.15, 0.2) is 0 Å². The van der Waals surface area contributed by atoms with E-state index < -0.39 is 11.6 Å². The minimum Gasteiger partial charge on any atom is -0.319 e. The molecule has 0 spiro atoms. The lowest BCUT2D eigenvalue weighted by atomic mass is 9.87. The first-order chi connectivity index (χ1) is 14.0. The SMILES string of the molecule is CCC1(c2ccccc2)NC(=O)N(CC(=O)N2CCCc3cccc(C)c32)C1=O. The van der Waals surface area contributed by atoms with E-state index in [1.165, 1.54) is 0 Å². The Labute approximate surface area is 170 Å². The first-order valence-electron chi connectivity index (χ1n) is 10.1. The number of carbonyl (C=O) groups excluding carboxylic acids is 3. The van der Waals surface area contributed by atoms with Crippen LogP contribution in [0.2, 0.25) is 0 Å². The van der Waals surface area contributed by atoms with E-state index in [9.17, 15) is 14.4 Å². The number of nitrogens with one attached hydrogen (secondary N) is 1. The van der Waals surface area contributed by atoms with Gasteiger partial charge in [-0.3, -0.25) is 14.5 Å². The van der Waals surface area contributed by atoms with E-state index in [-0.39, 0.29) is 18.4 Å². The fourth-order valence-electron chi connectivity index (χ4n) is 4.45. The van der Waals surface area contributed by atoms with Crippen LogP contribution in [0.25, 0.3) is 0 Å². The quantitative estimate of drug-likeness (QED) is 0.814. The molecule has 1 unspecified atom stereocenters. The molecule has 1 N–H and O–H groups in total. The zero-order valence-electron chi connectivity index (χ0n) is 16.8. The lowest BCUT2D eigenvalue weighted by Gasteiger charge is -2.32. The Hall–Kier alpha value is -3.15. The molecule has 1 saturated heterocycles. The number of aryl methyl sites for hydroxylation is 2. The van der Waals surface area contributed by atoms with Gasteiger partial charge in [0.2, 0.25) is 5.91 Å². The molecule has 6 heteroatoms. The van der Waals surface area contributed by atoms with Crippen LogP contribution in [0.15, 0.2) is 48.5 Å². The second-order valence-corrected chi connectivity index (χ2v) is 7.68. The Morgan fingerprint density at radius 2 is 1.86 bits per heavy atom. The average molecular weight is 391 g/mol. The van der Waals surface area contributed by atoms with Gasteiger partial charge in [0.25, 0.3) is 5.91 Å². The second kappa shape index (κ2) is 7.35. The molecule has 2 aromatic rings. The molecule has 2 aromatic carbocycles. The fraction of sp³-hybridized carbons (Fsp3) is 0.348. The molecule has 0 aromatic heterocycles. The molecule has 0 bridgehead atoms. The number of hydrogen-bond donors (Lipinski definition) is 1. The van der Waals surface area contributed by atoms with Crippen molar-refractivity contribution in [2.75, 3.05) is 18.0 Å². The van der Waals surface area contributed by atoms with Gasteiger partial charge in [-0.2, -0.15) is 0 Å². The highest BCUT2D eigenvalue weighted by molar-refractivity contribution is 6.11. The summed E-state index contributed by atoms with van der Waals surface area (Å²) in [7, 11) is 0. The number of imide groups is 1. The summed E-state index contributed by atoms with van der Waals surface area (Å²) in [6.07, 6.45) is 2.21. The number of rotatable bonds is 4. The maximum Gasteiger partial charge on any atom is 0.325 e. The Balaban J connectivity index is 1.60. The van der Waals surface area contributed by atoms with Gasteiger partial charge < -0.3 is 10.2 Å². The molecular weight excluding hydrogens is 366 g/mol. The molecule has 29 heavy (non-hydrogen) atoms. The molecular formula is C23H25N3O3. The summed E-state index contributed by atoms with van der Waals surface area (Å²) in [4.78, 5) is 41.9. The lowest BCUT2D eigenvalue weighted by Crippen LogP contribution is -2.46. The number of amides is 4. The first kappa shape index (κ1) is 19.2. The summed E-state index contributed by atoms with van der Waals surface area (Å²) in [5, 5.41) is 2.84. The van der Waals surface area contributed by atoms with Crippen LogP contribution in [0.4, 0.5) is 10.5 Å². The van der Waals surface area contributed by atoms with E-state index in [4.69, 9.17) is 0 Å². The molecule has 4 amide bonds. The normalized spacial score (nSPS) is 21.2. The molecule has 6 nitrogen and oxygen atoms in total. The Morgan fingerprint density at radius 1 is 1.10 bits per heavy atom. The van der Waals surface area contributed by atoms with Gasteiger partial charge in [-0.1, -0.05) is 55.5 Å². The minimum absolute atomic E-state index is 0.233. The zero-order chi connectivity index (χ0) is 20.6. The number of anilines is 1. The standard InChI is InChI=1S/C23H25N3O3/c1-3-23(18-12-5-4-6-13-18)21(28)26(22(29)24-23)15-19(27)25-14-8-11-17-10-7-9-16(2)20(17)25/h4-7,9-10,12-13H,3,8,11,14-15H2,1-2H3,(H,24,29). The Bertz CT molecular complexity index is 973. The van der Waals surface area contributed by atoms with Crippen molar-refractivity contribution in [3.63, 3.8) is 0 Å². The largest absolute Gasteiger partial charge is 0.325 e. The van der Waals surface area contributed by atoms with Crippen LogP contribution in [0.1, 0.15) is 36.5 Å². The van der Waals surface area contributed by atoms with Gasteiger partial charge in [-0.15, -0.1) is 0 Å². The van der Waals surface area contributed by atoms with Crippen LogP contribution in [0.3, 0.4) is 0 Å². The summed E-state index contributed by atoms with van der Waals surface area (Å²) in [6.45, 7) is 4.18. The third-order valence-corrected chi connectivity index (χ3v) is 5.99. The predicted octanol–water partition coefficient (Wildman–Crippen LogP) is 3.13. The van der Waals surface area contributed by atoms with Crippen molar-refractivity contribution in [1.29, 1.82) is 0 Å². The molecule has 0 radical (unpaired) electrons. The van der Waals surface area contributed by atoms with E-state index in [0.717, 1.165) is 40.1 Å². The van der Waals surface area contributed by atoms with Gasteiger partial charge in [-0.25, -0.2) is 4.79 Å². The highest BCUT2D eigenvalue weighted by Gasteiger charge is 2.51. The number of hydrogen-bond acceptors (Lipinski definition) is 3. The van der Waals surface area contributed by atoms with Gasteiger partial charge in [0, 0.05) is 12.2 Å². The van der Waals surface area contributed by atoms with E-state index in [2.05, 4.69) is 5.32 Å². The minimum atomic E-state index is -1.12. The topological polar surface area (TPSA) is 69.7 Å². The van der Waals surface area contributed by atoms with E-state index in [1.54, 1.807) is 4.90 Å². The fourth-order valence-corrected chi connectivity index (χ4v) is 4.45. The van der Waals surface area contributed by atoms with Crippen LogP contribution < -0.4 is 10.2 Å². The second-order valence-electron chi connectivity index (χ2n) is 7.68. The van der Waals surface area contributed by atoms with Gasteiger partial charge in [-0.05, 0) is 42.9 Å². The number of carbonyl (C=O) groups is 3. The molecule has 4 rings (SSSR count). The molecule has 1 fully saturated rings. The van der Waals surface area contributed by atoms with E-state index in [1.807, 2.05) is 62.4 Å². The van der Waals surface area contributed by atoms with Crippen LogP contribution in [0, 0.1) is 6.92 Å². The Morgan fingerprint density at radius 3 is 2.59 bits per heavy atom. The van der Waals surface area contributed by atoms with Crippen molar-refractivity contribution >= 4 is 23.5 Å². The van der Waals surface area contributed by atoms with Crippen molar-refractivity contribution in [1.82, 2.24) is 10.2 Å². The van der Waals surface area contributed by atoms with Crippen LogP contribution >= 0.6 is 0 Å². The van der Waals surface area contributed by atoms with Gasteiger partial charge in [0.05, 0.1) is 0 Å². The van der Waals surface area contributed by atoms with Crippen LogP contribution in [-0.2, 0) is 21.5 Å². The number of nitrogens with zero attached hydrogens (tertiary/aromatic N) is 2. The molecule has 2 aliphatic rings. The summed E-state index contributed by atoms with van der Waals surface area (Å²) in [6, 6.07) is 14.7. The molecule has 150 valence electrons. The van der Waals surface area contributed by atoms with Crippen molar-refractivity contribution in [3.8, 4) is 0 Å². The first-order valence-corrected chi connectivity index (χ1v) is 10.1. The van der Waals surface area contributed by atoms with Crippen molar-refractivity contribution < 1.29 is 14.4 Å². The molecule has 2 aliphatic heterocycles. The molecule has 0 aliphatic carbocycles. The van der Waals surface area contributed by atoms with Crippen molar-refractivity contribution in [2.45, 2.75) is 38.6 Å². The van der Waals surface area contributed by atoms with E-state index in [0.29, 0.717) is 13.0 Å². The zero-order valence-corrected chi connectivity index (χ0v) is 16.8. The highest BCUT2D eigenvalue weighted by Crippen LogP contribution is 2.34. The average Bonchev–Trinajstić information content (AvgIpc) is 2.99. The summed E-state index contributed by atoms with van der Waals surface area (Å²) < 4.78 is 0.